The number of hydrogen-bond acceptors (Lipinski definition) is 5. The second-order valence-electron chi connectivity index (χ2n) is 5.23. The van der Waals surface area contributed by atoms with E-state index in [1.54, 1.807) is 6.07 Å². The molecule has 1 aliphatic heterocycles. The molecule has 2 unspecified atom stereocenters. The molecule has 21 heavy (non-hydrogen) atoms. The largest absolute Gasteiger partial charge is 0.486 e. The summed E-state index contributed by atoms with van der Waals surface area (Å²) < 4.78 is 29.7. The van der Waals surface area contributed by atoms with Crippen LogP contribution in [-0.4, -0.2) is 43.8 Å². The molecule has 0 aromatic heterocycles. The maximum absolute atomic E-state index is 11.5. The molecule has 1 heterocycles. The van der Waals surface area contributed by atoms with Crippen molar-refractivity contribution < 1.29 is 18.3 Å². The van der Waals surface area contributed by atoms with Crippen LogP contribution in [0.2, 0.25) is 0 Å². The van der Waals surface area contributed by atoms with Crippen molar-refractivity contribution in [2.75, 3.05) is 18.1 Å². The SMILES string of the molecule is CCCNCc1cc(Br)ccc1OC1CS(=O)(=O)CC1O. The van der Waals surface area contributed by atoms with Crippen molar-refractivity contribution in [3.63, 3.8) is 0 Å². The van der Waals surface area contributed by atoms with Gasteiger partial charge in [0, 0.05) is 16.6 Å². The third-order valence-corrected chi connectivity index (χ3v) is 5.49. The number of benzene rings is 1. The van der Waals surface area contributed by atoms with Crippen LogP contribution in [-0.2, 0) is 16.4 Å². The molecular weight excluding hydrogens is 358 g/mol. The molecule has 5 nitrogen and oxygen atoms in total. The van der Waals surface area contributed by atoms with Crippen LogP contribution in [0.25, 0.3) is 0 Å². The minimum atomic E-state index is -3.21. The number of sulfone groups is 1. The Balaban J connectivity index is 2.12. The van der Waals surface area contributed by atoms with E-state index >= 15 is 0 Å². The van der Waals surface area contributed by atoms with E-state index < -0.39 is 22.0 Å². The number of aliphatic hydroxyl groups is 1. The highest BCUT2D eigenvalue weighted by Crippen LogP contribution is 2.27. The summed E-state index contributed by atoms with van der Waals surface area (Å²) in [7, 11) is -3.21. The van der Waals surface area contributed by atoms with E-state index in [1.165, 1.54) is 0 Å². The van der Waals surface area contributed by atoms with Crippen LogP contribution < -0.4 is 10.1 Å². The third kappa shape index (κ3) is 4.67. The zero-order valence-corrected chi connectivity index (χ0v) is 14.3. The first kappa shape index (κ1) is 16.7. The number of rotatable bonds is 6. The van der Waals surface area contributed by atoms with Gasteiger partial charge < -0.3 is 15.2 Å². The van der Waals surface area contributed by atoms with Crippen LogP contribution in [0.1, 0.15) is 18.9 Å². The molecule has 0 spiro atoms. The fraction of sp³-hybridized carbons (Fsp3) is 0.571. The summed E-state index contributed by atoms with van der Waals surface area (Å²) in [5, 5.41) is 13.1. The lowest BCUT2D eigenvalue weighted by Crippen LogP contribution is -2.30. The highest BCUT2D eigenvalue weighted by Gasteiger charge is 2.38. The fourth-order valence-electron chi connectivity index (χ4n) is 2.27. The van der Waals surface area contributed by atoms with Crippen molar-refractivity contribution >= 4 is 25.8 Å². The summed E-state index contributed by atoms with van der Waals surface area (Å²) in [5.74, 6) is 0.256. The van der Waals surface area contributed by atoms with Gasteiger partial charge in [-0.25, -0.2) is 8.42 Å². The van der Waals surface area contributed by atoms with Gasteiger partial charge in [0.25, 0.3) is 0 Å². The molecule has 0 aliphatic carbocycles. The van der Waals surface area contributed by atoms with E-state index in [0.717, 1.165) is 23.0 Å². The minimum Gasteiger partial charge on any atom is -0.486 e. The smallest absolute Gasteiger partial charge is 0.156 e. The average Bonchev–Trinajstić information content (AvgIpc) is 2.65. The highest BCUT2D eigenvalue weighted by molar-refractivity contribution is 9.10. The van der Waals surface area contributed by atoms with E-state index in [4.69, 9.17) is 4.74 Å². The van der Waals surface area contributed by atoms with E-state index in [-0.39, 0.29) is 11.5 Å². The molecule has 1 aromatic carbocycles. The summed E-state index contributed by atoms with van der Waals surface area (Å²) in [6, 6.07) is 5.58. The van der Waals surface area contributed by atoms with Gasteiger partial charge in [-0.3, -0.25) is 0 Å². The molecule has 1 saturated heterocycles. The zero-order valence-electron chi connectivity index (χ0n) is 11.9. The first-order valence-electron chi connectivity index (χ1n) is 6.95. The molecule has 1 fully saturated rings. The summed E-state index contributed by atoms with van der Waals surface area (Å²) in [6.07, 6.45) is -0.625. The van der Waals surface area contributed by atoms with Crippen LogP contribution in [0.15, 0.2) is 22.7 Å². The van der Waals surface area contributed by atoms with E-state index in [0.29, 0.717) is 12.3 Å². The second kappa shape index (κ2) is 7.09. The Morgan fingerprint density at radius 1 is 1.43 bits per heavy atom. The van der Waals surface area contributed by atoms with Crippen molar-refractivity contribution in [3.8, 4) is 5.75 Å². The van der Waals surface area contributed by atoms with Gasteiger partial charge in [-0.05, 0) is 31.2 Å². The van der Waals surface area contributed by atoms with Crippen molar-refractivity contribution in [1.29, 1.82) is 0 Å². The van der Waals surface area contributed by atoms with Crippen LogP contribution in [0, 0.1) is 0 Å². The van der Waals surface area contributed by atoms with Crippen LogP contribution >= 0.6 is 15.9 Å². The van der Waals surface area contributed by atoms with Gasteiger partial charge in [0.05, 0.1) is 11.5 Å². The Bertz CT molecular complexity index is 591. The Morgan fingerprint density at radius 2 is 2.19 bits per heavy atom. The molecule has 7 heteroatoms. The lowest BCUT2D eigenvalue weighted by Gasteiger charge is -2.19. The maximum Gasteiger partial charge on any atom is 0.156 e. The Labute approximate surface area is 133 Å². The molecule has 0 radical (unpaired) electrons. The topological polar surface area (TPSA) is 75.6 Å². The highest BCUT2D eigenvalue weighted by atomic mass is 79.9. The average molecular weight is 378 g/mol. The lowest BCUT2D eigenvalue weighted by molar-refractivity contribution is 0.0730. The molecular formula is C14H20BrNO4S. The summed E-state index contributed by atoms with van der Waals surface area (Å²) >= 11 is 3.42. The van der Waals surface area contributed by atoms with Gasteiger partial charge in [-0.15, -0.1) is 0 Å². The summed E-state index contributed by atoms with van der Waals surface area (Å²) in [6.45, 7) is 3.62. The number of nitrogens with one attached hydrogen (secondary N) is 1. The monoisotopic (exact) mass is 377 g/mol. The van der Waals surface area contributed by atoms with Crippen molar-refractivity contribution in [2.45, 2.75) is 32.1 Å². The van der Waals surface area contributed by atoms with Gasteiger partial charge in [0.2, 0.25) is 0 Å². The lowest BCUT2D eigenvalue weighted by atomic mass is 10.2. The van der Waals surface area contributed by atoms with Crippen molar-refractivity contribution in [1.82, 2.24) is 5.32 Å². The maximum atomic E-state index is 11.5. The Morgan fingerprint density at radius 3 is 2.81 bits per heavy atom. The summed E-state index contributed by atoms with van der Waals surface area (Å²) in [5.41, 5.74) is 0.939. The number of ether oxygens (including phenoxy) is 1. The second-order valence-corrected chi connectivity index (χ2v) is 8.30. The summed E-state index contributed by atoms with van der Waals surface area (Å²) in [4.78, 5) is 0. The molecule has 1 aliphatic rings. The zero-order chi connectivity index (χ0) is 15.5. The molecule has 0 bridgehead atoms. The molecule has 1 aromatic rings. The molecule has 118 valence electrons. The molecule has 0 amide bonds. The predicted octanol–water partition coefficient (Wildman–Crippen LogP) is 1.49. The number of aliphatic hydroxyl groups excluding tert-OH is 1. The molecule has 2 rings (SSSR count). The molecule has 2 N–H and O–H groups in total. The van der Waals surface area contributed by atoms with Crippen LogP contribution in [0.3, 0.4) is 0 Å². The normalized spacial score (nSPS) is 24.1. The minimum absolute atomic E-state index is 0.133. The van der Waals surface area contributed by atoms with E-state index in [2.05, 4.69) is 28.2 Å². The van der Waals surface area contributed by atoms with Gasteiger partial charge in [-0.2, -0.15) is 0 Å². The number of halogens is 1. The first-order chi connectivity index (χ1) is 9.91. The predicted molar refractivity (Wildman–Crippen MR) is 85.2 cm³/mol. The van der Waals surface area contributed by atoms with E-state index in [1.807, 2.05) is 12.1 Å². The van der Waals surface area contributed by atoms with E-state index in [9.17, 15) is 13.5 Å². The molecule has 0 saturated carbocycles. The molecule has 2 atom stereocenters. The van der Waals surface area contributed by atoms with Crippen molar-refractivity contribution in [3.05, 3.63) is 28.2 Å². The fourth-order valence-corrected chi connectivity index (χ4v) is 4.34. The standard InChI is InChI=1S/C14H20BrNO4S/c1-2-5-16-7-10-6-11(15)3-4-13(10)20-14-9-21(18,19)8-12(14)17/h3-4,6,12,14,16-17H,2,5,7-9H2,1H3. The van der Waals surface area contributed by atoms with Gasteiger partial charge in [0.15, 0.2) is 9.84 Å². The van der Waals surface area contributed by atoms with Crippen LogP contribution in [0.4, 0.5) is 0 Å². The first-order valence-corrected chi connectivity index (χ1v) is 9.57. The van der Waals surface area contributed by atoms with Gasteiger partial charge >= 0.3 is 0 Å². The Hall–Kier alpha value is -0.630. The van der Waals surface area contributed by atoms with Gasteiger partial charge in [0.1, 0.15) is 18.0 Å². The Kier molecular flexibility index (Phi) is 5.65. The van der Waals surface area contributed by atoms with Gasteiger partial charge in [-0.1, -0.05) is 22.9 Å². The number of hydrogen-bond donors (Lipinski definition) is 2. The quantitative estimate of drug-likeness (QED) is 0.734. The van der Waals surface area contributed by atoms with Crippen LogP contribution in [0.5, 0.6) is 5.75 Å². The third-order valence-electron chi connectivity index (χ3n) is 3.32. The van der Waals surface area contributed by atoms with Crippen molar-refractivity contribution in [2.24, 2.45) is 0 Å².